The minimum Gasteiger partial charge on any atom is -1.00 e. The van der Waals surface area contributed by atoms with Crippen molar-refractivity contribution in [1.82, 2.24) is 0 Å². The number of halogens is 1. The van der Waals surface area contributed by atoms with Crippen LogP contribution in [-0.4, -0.2) is 20.3 Å². The molecular formula is C18H24ClNO3. The SMILES string of the molecule is CCOc1ccc(C([NH3+])c2ccc(OC)cc2)cc1OCC.[Cl-]. The highest BCUT2D eigenvalue weighted by atomic mass is 35.5. The summed E-state index contributed by atoms with van der Waals surface area (Å²) in [6, 6.07) is 14.0. The number of benzene rings is 2. The van der Waals surface area contributed by atoms with E-state index in [1.165, 1.54) is 0 Å². The lowest BCUT2D eigenvalue weighted by Crippen LogP contribution is -3.00. The van der Waals surface area contributed by atoms with Crippen LogP contribution in [0.25, 0.3) is 0 Å². The average molecular weight is 338 g/mol. The van der Waals surface area contributed by atoms with Gasteiger partial charge in [0.05, 0.1) is 20.3 Å². The van der Waals surface area contributed by atoms with Crippen LogP contribution in [0.5, 0.6) is 17.2 Å². The van der Waals surface area contributed by atoms with E-state index in [4.69, 9.17) is 14.2 Å². The van der Waals surface area contributed by atoms with Crippen molar-refractivity contribution in [3.8, 4) is 17.2 Å². The molecule has 0 fully saturated rings. The molecule has 0 radical (unpaired) electrons. The van der Waals surface area contributed by atoms with Crippen LogP contribution >= 0.6 is 0 Å². The van der Waals surface area contributed by atoms with Gasteiger partial charge in [-0.15, -0.1) is 0 Å². The van der Waals surface area contributed by atoms with Gasteiger partial charge in [-0.2, -0.15) is 0 Å². The van der Waals surface area contributed by atoms with Crippen molar-refractivity contribution in [2.45, 2.75) is 19.9 Å². The summed E-state index contributed by atoms with van der Waals surface area (Å²) in [4.78, 5) is 0. The molecule has 5 heteroatoms. The van der Waals surface area contributed by atoms with E-state index in [9.17, 15) is 0 Å². The standard InChI is InChI=1S/C18H23NO3.ClH/c1-4-21-16-11-8-14(12-17(16)22-5-2)18(19)13-6-9-15(20-3)10-7-13;/h6-12,18H,4-5,19H2,1-3H3;1H. The van der Waals surface area contributed by atoms with Gasteiger partial charge in [0.2, 0.25) is 0 Å². The Labute approximate surface area is 144 Å². The van der Waals surface area contributed by atoms with E-state index in [-0.39, 0.29) is 18.4 Å². The number of ether oxygens (including phenoxy) is 3. The summed E-state index contributed by atoms with van der Waals surface area (Å²) < 4.78 is 16.5. The number of hydrogen-bond donors (Lipinski definition) is 1. The predicted octanol–water partition coefficient (Wildman–Crippen LogP) is -0.172. The Hall–Kier alpha value is -1.91. The first-order valence-electron chi connectivity index (χ1n) is 7.56. The van der Waals surface area contributed by atoms with Crippen LogP contribution in [0.2, 0.25) is 0 Å². The van der Waals surface area contributed by atoms with Crippen molar-refractivity contribution in [2.24, 2.45) is 0 Å². The normalized spacial score (nSPS) is 11.3. The first-order chi connectivity index (χ1) is 10.7. The fourth-order valence-electron chi connectivity index (χ4n) is 2.31. The summed E-state index contributed by atoms with van der Waals surface area (Å²) >= 11 is 0. The van der Waals surface area contributed by atoms with Gasteiger partial charge in [-0.25, -0.2) is 0 Å². The largest absolute Gasteiger partial charge is 1.00 e. The van der Waals surface area contributed by atoms with E-state index in [0.717, 1.165) is 28.4 Å². The van der Waals surface area contributed by atoms with Gasteiger partial charge >= 0.3 is 0 Å². The van der Waals surface area contributed by atoms with Crippen LogP contribution in [0.15, 0.2) is 42.5 Å². The van der Waals surface area contributed by atoms with Crippen molar-refractivity contribution < 1.29 is 32.4 Å². The molecule has 0 aliphatic carbocycles. The third-order valence-electron chi connectivity index (χ3n) is 3.49. The maximum atomic E-state index is 5.68. The first-order valence-corrected chi connectivity index (χ1v) is 7.56. The first kappa shape index (κ1) is 19.1. The van der Waals surface area contributed by atoms with Gasteiger partial charge < -0.3 is 32.4 Å². The molecule has 3 N–H and O–H groups in total. The van der Waals surface area contributed by atoms with Gasteiger partial charge in [-0.1, -0.05) is 0 Å². The monoisotopic (exact) mass is 337 g/mol. The molecule has 1 unspecified atom stereocenters. The van der Waals surface area contributed by atoms with Crippen LogP contribution in [0.4, 0.5) is 0 Å². The minimum atomic E-state index is 0. The van der Waals surface area contributed by atoms with Crippen LogP contribution in [0, 0.1) is 0 Å². The zero-order valence-electron chi connectivity index (χ0n) is 13.8. The molecular weight excluding hydrogens is 314 g/mol. The van der Waals surface area contributed by atoms with Crippen molar-refractivity contribution in [3.05, 3.63) is 53.6 Å². The molecule has 0 saturated carbocycles. The van der Waals surface area contributed by atoms with Gasteiger partial charge in [0.1, 0.15) is 11.8 Å². The third-order valence-corrected chi connectivity index (χ3v) is 3.49. The lowest BCUT2D eigenvalue weighted by atomic mass is 9.99. The van der Waals surface area contributed by atoms with Gasteiger partial charge in [0, 0.05) is 11.1 Å². The number of hydrogen-bond acceptors (Lipinski definition) is 3. The summed E-state index contributed by atoms with van der Waals surface area (Å²) in [5.74, 6) is 2.39. The molecule has 4 nitrogen and oxygen atoms in total. The molecule has 0 aromatic heterocycles. The third kappa shape index (κ3) is 4.78. The van der Waals surface area contributed by atoms with Gasteiger partial charge in [-0.3, -0.25) is 0 Å². The summed E-state index contributed by atoms with van der Waals surface area (Å²) in [6.45, 7) is 5.15. The van der Waals surface area contributed by atoms with E-state index < -0.39 is 0 Å². The Balaban J connectivity index is 0.00000264. The Morgan fingerprint density at radius 3 is 2.00 bits per heavy atom. The van der Waals surface area contributed by atoms with Crippen LogP contribution in [0.3, 0.4) is 0 Å². The van der Waals surface area contributed by atoms with E-state index in [1.807, 2.05) is 56.3 Å². The molecule has 0 aliphatic heterocycles. The number of rotatable bonds is 7. The number of methoxy groups -OCH3 is 1. The smallest absolute Gasteiger partial charge is 0.161 e. The lowest BCUT2D eigenvalue weighted by Gasteiger charge is -2.15. The van der Waals surface area contributed by atoms with E-state index >= 15 is 0 Å². The zero-order chi connectivity index (χ0) is 15.9. The molecule has 0 spiro atoms. The summed E-state index contributed by atoms with van der Waals surface area (Å²) in [6.07, 6.45) is 0. The molecule has 1 atom stereocenters. The zero-order valence-corrected chi connectivity index (χ0v) is 14.6. The van der Waals surface area contributed by atoms with Gasteiger partial charge in [-0.05, 0) is 56.3 Å². The Morgan fingerprint density at radius 1 is 0.870 bits per heavy atom. The maximum absolute atomic E-state index is 5.68. The highest BCUT2D eigenvalue weighted by molar-refractivity contribution is 5.45. The summed E-state index contributed by atoms with van der Waals surface area (Å²) in [7, 11) is 1.66. The van der Waals surface area contributed by atoms with Crippen molar-refractivity contribution in [2.75, 3.05) is 20.3 Å². The van der Waals surface area contributed by atoms with E-state index in [0.29, 0.717) is 13.2 Å². The topological polar surface area (TPSA) is 55.3 Å². The molecule has 126 valence electrons. The maximum Gasteiger partial charge on any atom is 0.161 e. The van der Waals surface area contributed by atoms with Gasteiger partial charge in [0.25, 0.3) is 0 Å². The second-order valence-electron chi connectivity index (χ2n) is 4.90. The average Bonchev–Trinajstić information content (AvgIpc) is 2.56. The second kappa shape index (κ2) is 9.28. The van der Waals surface area contributed by atoms with Crippen molar-refractivity contribution in [1.29, 1.82) is 0 Å². The minimum absolute atomic E-state index is 0. The molecule has 2 aromatic rings. The number of quaternary nitrogens is 1. The van der Waals surface area contributed by atoms with Gasteiger partial charge in [0.15, 0.2) is 11.5 Å². The Morgan fingerprint density at radius 2 is 1.43 bits per heavy atom. The van der Waals surface area contributed by atoms with Crippen LogP contribution in [-0.2, 0) is 0 Å². The fraction of sp³-hybridized carbons (Fsp3) is 0.333. The van der Waals surface area contributed by atoms with Crippen molar-refractivity contribution in [3.63, 3.8) is 0 Å². The van der Waals surface area contributed by atoms with Crippen molar-refractivity contribution >= 4 is 0 Å². The Bertz CT molecular complexity index is 602. The molecule has 0 aliphatic rings. The molecule has 2 rings (SSSR count). The molecule has 0 bridgehead atoms. The molecule has 0 amide bonds. The highest BCUT2D eigenvalue weighted by Crippen LogP contribution is 2.31. The highest BCUT2D eigenvalue weighted by Gasteiger charge is 2.16. The summed E-state index contributed by atoms with van der Waals surface area (Å²) in [5.41, 5.74) is 6.50. The van der Waals surface area contributed by atoms with E-state index in [2.05, 4.69) is 5.73 Å². The molecule has 2 aromatic carbocycles. The second-order valence-corrected chi connectivity index (χ2v) is 4.90. The van der Waals surface area contributed by atoms with E-state index in [1.54, 1.807) is 7.11 Å². The molecule has 23 heavy (non-hydrogen) atoms. The molecule has 0 heterocycles. The quantitative estimate of drug-likeness (QED) is 0.763. The Kier molecular flexibility index (Phi) is 7.72. The summed E-state index contributed by atoms with van der Waals surface area (Å²) in [5, 5.41) is 0. The fourth-order valence-corrected chi connectivity index (χ4v) is 2.31. The van der Waals surface area contributed by atoms with Crippen LogP contribution in [0.1, 0.15) is 31.0 Å². The molecule has 0 saturated heterocycles. The van der Waals surface area contributed by atoms with Crippen LogP contribution < -0.4 is 32.4 Å². The lowest BCUT2D eigenvalue weighted by molar-refractivity contribution is -0.411. The predicted molar refractivity (Wildman–Crippen MR) is 86.5 cm³/mol.